The van der Waals surface area contributed by atoms with Crippen LogP contribution in [0.1, 0.15) is 22.3 Å². The summed E-state index contributed by atoms with van der Waals surface area (Å²) in [6, 6.07) is 78.5. The Morgan fingerprint density at radius 3 is 1.52 bits per heavy atom. The van der Waals surface area contributed by atoms with Gasteiger partial charge in [-0.3, -0.25) is 4.57 Å². The molecule has 2 aromatic heterocycles. The molecule has 0 amide bonds. The van der Waals surface area contributed by atoms with E-state index in [-0.39, 0.29) is 5.41 Å². The van der Waals surface area contributed by atoms with Crippen LogP contribution in [0.4, 0.5) is 0 Å². The molecule has 0 bridgehead atoms. The van der Waals surface area contributed by atoms with Gasteiger partial charge in [-0.05, 0) is 91.0 Å². The van der Waals surface area contributed by atoms with Gasteiger partial charge >= 0.3 is 0 Å². The summed E-state index contributed by atoms with van der Waals surface area (Å²) >= 11 is 0. The van der Waals surface area contributed by atoms with E-state index in [4.69, 9.17) is 15.0 Å². The van der Waals surface area contributed by atoms with E-state index in [1.54, 1.807) is 0 Å². The average molecular weight is 789 g/mol. The van der Waals surface area contributed by atoms with Crippen LogP contribution in [-0.2, 0) is 5.41 Å². The summed E-state index contributed by atoms with van der Waals surface area (Å²) in [5, 5.41) is 2.30. The summed E-state index contributed by atoms with van der Waals surface area (Å²) in [7, 11) is 0. The number of aromatic nitrogens is 4. The van der Waals surface area contributed by atoms with Crippen molar-refractivity contribution >= 4 is 21.8 Å². The van der Waals surface area contributed by atoms with Crippen LogP contribution in [0.15, 0.2) is 218 Å². The van der Waals surface area contributed by atoms with Gasteiger partial charge in [-0.25, -0.2) is 4.98 Å². The maximum absolute atomic E-state index is 5.30. The Labute approximate surface area is 359 Å². The van der Waals surface area contributed by atoms with Gasteiger partial charge in [-0.1, -0.05) is 194 Å². The van der Waals surface area contributed by atoms with Gasteiger partial charge in [0.25, 0.3) is 0 Å². The van der Waals surface area contributed by atoms with Gasteiger partial charge in [-0.15, -0.1) is 0 Å². The maximum atomic E-state index is 5.30. The van der Waals surface area contributed by atoms with Crippen LogP contribution in [0, 0.1) is 0 Å². The average Bonchev–Trinajstić information content (AvgIpc) is 3.96. The topological polar surface area (TPSA) is 43.6 Å². The Hall–Kier alpha value is -8.21. The number of fused-ring (bicyclic) bond motifs is 13. The highest BCUT2D eigenvalue weighted by Crippen LogP contribution is 2.63. The molecule has 0 fully saturated rings. The van der Waals surface area contributed by atoms with Crippen molar-refractivity contribution in [2.75, 3.05) is 0 Å². The van der Waals surface area contributed by atoms with Crippen LogP contribution in [0.5, 0.6) is 0 Å². The minimum Gasteiger partial charge on any atom is -0.278 e. The molecule has 13 rings (SSSR count). The van der Waals surface area contributed by atoms with Crippen molar-refractivity contribution in [1.82, 2.24) is 19.5 Å². The summed E-state index contributed by atoms with van der Waals surface area (Å²) in [6.45, 7) is 0. The second-order valence-corrected chi connectivity index (χ2v) is 16.3. The molecule has 0 radical (unpaired) electrons. The molecule has 4 nitrogen and oxygen atoms in total. The summed E-state index contributed by atoms with van der Waals surface area (Å²) in [5.74, 6) is 1.82. The van der Waals surface area contributed by atoms with Crippen molar-refractivity contribution in [3.8, 4) is 73.2 Å². The van der Waals surface area contributed by atoms with Gasteiger partial charge in [0.15, 0.2) is 11.6 Å². The third kappa shape index (κ3) is 4.92. The van der Waals surface area contributed by atoms with E-state index in [2.05, 4.69) is 199 Å². The van der Waals surface area contributed by atoms with Crippen LogP contribution in [0.2, 0.25) is 0 Å². The molecule has 0 unspecified atom stereocenters. The molecule has 0 saturated heterocycles. The SMILES string of the molecule is c1ccc(-c2cccc(-c3nc(-c4ccccc4)nc(-n4c5ccccc5c5c(-c6ccc7c(c6)-c6ccccc6C76c7ccccc7-c7ccccc76)cccc54)n3)c2)cc1. The van der Waals surface area contributed by atoms with Gasteiger partial charge in [0, 0.05) is 21.9 Å². The monoisotopic (exact) mass is 788 g/mol. The van der Waals surface area contributed by atoms with Crippen LogP contribution >= 0.6 is 0 Å². The zero-order valence-electron chi connectivity index (χ0n) is 33.6. The molecule has 2 aliphatic carbocycles. The molecule has 1 spiro atoms. The number of para-hydroxylation sites is 1. The third-order valence-electron chi connectivity index (χ3n) is 13.1. The molecule has 0 saturated carbocycles. The molecule has 0 aliphatic heterocycles. The predicted molar refractivity (Wildman–Crippen MR) is 252 cm³/mol. The highest BCUT2D eigenvalue weighted by Gasteiger charge is 2.51. The van der Waals surface area contributed by atoms with E-state index in [0.717, 1.165) is 44.1 Å². The second kappa shape index (κ2) is 13.4. The van der Waals surface area contributed by atoms with Crippen LogP contribution in [-0.4, -0.2) is 19.5 Å². The van der Waals surface area contributed by atoms with Crippen LogP contribution in [0.3, 0.4) is 0 Å². The van der Waals surface area contributed by atoms with Crippen molar-refractivity contribution in [3.05, 3.63) is 241 Å². The molecular formula is C58H36N4. The molecule has 0 N–H and O–H groups in total. The molecule has 2 heterocycles. The van der Waals surface area contributed by atoms with Gasteiger partial charge in [-0.2, -0.15) is 9.97 Å². The first-order valence-electron chi connectivity index (χ1n) is 21.2. The van der Waals surface area contributed by atoms with E-state index in [1.807, 2.05) is 24.3 Å². The summed E-state index contributed by atoms with van der Waals surface area (Å²) < 4.78 is 2.22. The summed E-state index contributed by atoms with van der Waals surface area (Å²) in [4.78, 5) is 15.7. The van der Waals surface area contributed by atoms with Gasteiger partial charge < -0.3 is 0 Å². The molecule has 9 aromatic carbocycles. The van der Waals surface area contributed by atoms with Gasteiger partial charge in [0.2, 0.25) is 5.95 Å². The number of nitrogens with zero attached hydrogens (tertiary/aromatic N) is 4. The lowest BCUT2D eigenvalue weighted by molar-refractivity contribution is 0.794. The fourth-order valence-corrected chi connectivity index (χ4v) is 10.5. The lowest BCUT2D eigenvalue weighted by Gasteiger charge is -2.30. The van der Waals surface area contributed by atoms with E-state index in [9.17, 15) is 0 Å². The largest absolute Gasteiger partial charge is 0.278 e. The lowest BCUT2D eigenvalue weighted by Crippen LogP contribution is -2.25. The fraction of sp³-hybridized carbons (Fsp3) is 0.0172. The zero-order valence-corrected chi connectivity index (χ0v) is 33.6. The Bertz CT molecular complexity index is 3540. The van der Waals surface area contributed by atoms with E-state index >= 15 is 0 Å². The van der Waals surface area contributed by atoms with Crippen molar-refractivity contribution < 1.29 is 0 Å². The van der Waals surface area contributed by atoms with E-state index in [0.29, 0.717) is 17.6 Å². The van der Waals surface area contributed by atoms with Crippen LogP contribution < -0.4 is 0 Å². The zero-order chi connectivity index (χ0) is 40.8. The van der Waals surface area contributed by atoms with Crippen molar-refractivity contribution in [3.63, 3.8) is 0 Å². The molecule has 4 heteroatoms. The number of rotatable bonds is 5. The number of benzene rings is 9. The normalized spacial score (nSPS) is 13.0. The second-order valence-electron chi connectivity index (χ2n) is 16.3. The Morgan fingerprint density at radius 2 is 0.806 bits per heavy atom. The first kappa shape index (κ1) is 34.6. The van der Waals surface area contributed by atoms with E-state index in [1.165, 1.54) is 55.6 Å². The smallest absolute Gasteiger partial charge is 0.238 e. The molecule has 62 heavy (non-hydrogen) atoms. The highest BCUT2D eigenvalue weighted by atomic mass is 15.2. The van der Waals surface area contributed by atoms with Crippen LogP contribution in [0.25, 0.3) is 95.0 Å². The minimum atomic E-state index is -0.382. The predicted octanol–water partition coefficient (Wildman–Crippen LogP) is 14.0. The van der Waals surface area contributed by atoms with E-state index < -0.39 is 0 Å². The van der Waals surface area contributed by atoms with Gasteiger partial charge in [0.05, 0.1) is 16.4 Å². The number of hydrogen-bond acceptors (Lipinski definition) is 3. The third-order valence-corrected chi connectivity index (χ3v) is 13.1. The molecular weight excluding hydrogens is 753 g/mol. The minimum absolute atomic E-state index is 0.382. The summed E-state index contributed by atoms with van der Waals surface area (Å²) in [6.07, 6.45) is 0. The Kier molecular flexibility index (Phi) is 7.49. The first-order chi connectivity index (χ1) is 30.8. The molecule has 0 atom stereocenters. The summed E-state index contributed by atoms with van der Waals surface area (Å²) in [5.41, 5.74) is 18.7. The Balaban J connectivity index is 1.03. The van der Waals surface area contributed by atoms with Crippen molar-refractivity contribution in [2.24, 2.45) is 0 Å². The first-order valence-corrected chi connectivity index (χ1v) is 21.2. The molecule has 11 aromatic rings. The standard InChI is InChI=1S/C58H36N4/c1-3-17-37(18-4-1)39-21-15-22-41(35-39)56-59-55(38-19-5-2-6-20-38)60-57(61-56)62-52-31-14-10-26-46(52)54-42(27-16-32-53(54)62)40-33-34-51-47(36-40)45-25-9-13-30-50(45)58(51)48-28-11-7-23-43(48)44-24-8-12-29-49(44)58/h1-36H. The highest BCUT2D eigenvalue weighted by molar-refractivity contribution is 6.16. The molecule has 2 aliphatic rings. The number of hydrogen-bond donors (Lipinski definition) is 0. The molecule has 288 valence electrons. The van der Waals surface area contributed by atoms with Gasteiger partial charge in [0.1, 0.15) is 0 Å². The Morgan fingerprint density at radius 1 is 0.306 bits per heavy atom. The maximum Gasteiger partial charge on any atom is 0.238 e. The fourth-order valence-electron chi connectivity index (χ4n) is 10.5. The lowest BCUT2D eigenvalue weighted by atomic mass is 9.70. The quantitative estimate of drug-likeness (QED) is 0.174. The van der Waals surface area contributed by atoms with Crippen molar-refractivity contribution in [1.29, 1.82) is 0 Å². The van der Waals surface area contributed by atoms with Crippen molar-refractivity contribution in [2.45, 2.75) is 5.41 Å².